The first kappa shape index (κ1) is 25.7. The number of nitro groups is 1. The summed E-state index contributed by atoms with van der Waals surface area (Å²) in [5, 5.41) is 24.2. The number of amides is 3. The maximum Gasteiger partial charge on any atom is 0.335 e. The molecule has 35 heavy (non-hydrogen) atoms. The molecule has 3 rings (SSSR count). The first-order valence-electron chi connectivity index (χ1n) is 10.8. The van der Waals surface area contributed by atoms with E-state index in [1.165, 1.54) is 34.9 Å². The van der Waals surface area contributed by atoms with Gasteiger partial charge in [-0.25, -0.2) is 9.59 Å². The summed E-state index contributed by atoms with van der Waals surface area (Å²) >= 11 is 5.88. The molecule has 0 radical (unpaired) electrons. The van der Waals surface area contributed by atoms with Crippen molar-refractivity contribution >= 4 is 35.2 Å². The number of benzene rings is 2. The van der Waals surface area contributed by atoms with Crippen LogP contribution in [0.3, 0.4) is 0 Å². The van der Waals surface area contributed by atoms with Crippen LogP contribution < -0.4 is 5.32 Å². The Morgan fingerprint density at radius 3 is 2.54 bits per heavy atom. The van der Waals surface area contributed by atoms with Crippen molar-refractivity contribution in [3.05, 3.63) is 86.1 Å². The van der Waals surface area contributed by atoms with Gasteiger partial charge in [0.2, 0.25) is 5.91 Å². The zero-order valence-corrected chi connectivity index (χ0v) is 20.0. The topological polar surface area (TPSA) is 133 Å². The number of allylic oxidation sites excluding steroid dienone is 1. The number of rotatable bonds is 9. The van der Waals surface area contributed by atoms with Crippen molar-refractivity contribution in [3.8, 4) is 0 Å². The average molecular weight is 501 g/mol. The number of nitrogens with one attached hydrogen (secondary N) is 1. The van der Waals surface area contributed by atoms with Gasteiger partial charge in [-0.3, -0.25) is 14.9 Å². The molecule has 0 saturated heterocycles. The molecule has 0 saturated carbocycles. The zero-order chi connectivity index (χ0) is 25.7. The van der Waals surface area contributed by atoms with E-state index in [1.54, 1.807) is 37.4 Å². The normalized spacial score (nSPS) is 15.6. The van der Waals surface area contributed by atoms with Gasteiger partial charge in [-0.1, -0.05) is 35.9 Å². The predicted octanol–water partition coefficient (Wildman–Crippen LogP) is 3.76. The van der Waals surface area contributed by atoms with E-state index in [0.29, 0.717) is 23.6 Å². The number of carbonyl (C=O) groups is 3. The minimum absolute atomic E-state index is 0.0720. The number of carbonyl (C=O) groups excluding carboxylic acids is 2. The number of hydrogen-bond acceptors (Lipinski definition) is 5. The van der Waals surface area contributed by atoms with E-state index in [-0.39, 0.29) is 35.8 Å². The first-order valence-corrected chi connectivity index (χ1v) is 11.2. The molecule has 0 bridgehead atoms. The monoisotopic (exact) mass is 500 g/mol. The maximum absolute atomic E-state index is 12.8. The van der Waals surface area contributed by atoms with E-state index < -0.39 is 23.0 Å². The van der Waals surface area contributed by atoms with Crippen LogP contribution in [0.1, 0.15) is 30.5 Å². The second-order valence-corrected chi connectivity index (χ2v) is 8.63. The van der Waals surface area contributed by atoms with Crippen molar-refractivity contribution < 1.29 is 24.4 Å². The van der Waals surface area contributed by atoms with Gasteiger partial charge in [0.25, 0.3) is 5.69 Å². The van der Waals surface area contributed by atoms with Crippen LogP contribution in [0.5, 0.6) is 0 Å². The number of nitrogens with zero attached hydrogens (tertiary/aromatic N) is 3. The molecular weight excluding hydrogens is 476 g/mol. The number of hydrogen-bond donors (Lipinski definition) is 2. The lowest BCUT2D eigenvalue weighted by molar-refractivity contribution is -0.384. The largest absolute Gasteiger partial charge is 0.478 e. The lowest BCUT2D eigenvalue weighted by Crippen LogP contribution is -2.49. The Kier molecular flexibility index (Phi) is 8.08. The number of aliphatic carboxylic acids is 1. The van der Waals surface area contributed by atoms with Gasteiger partial charge in [0.1, 0.15) is 0 Å². The number of halogens is 1. The lowest BCUT2D eigenvalue weighted by atomic mass is 9.93. The van der Waals surface area contributed by atoms with E-state index in [1.807, 2.05) is 0 Å². The Bertz CT molecular complexity index is 1180. The van der Waals surface area contributed by atoms with Crippen molar-refractivity contribution in [2.24, 2.45) is 0 Å². The van der Waals surface area contributed by atoms with Gasteiger partial charge in [0.15, 0.2) is 0 Å². The Hall–Kier alpha value is -3.92. The van der Waals surface area contributed by atoms with E-state index in [9.17, 15) is 29.6 Å². The van der Waals surface area contributed by atoms with Crippen LogP contribution >= 0.6 is 11.6 Å². The molecule has 2 aromatic rings. The van der Waals surface area contributed by atoms with Gasteiger partial charge in [-0.05, 0) is 36.6 Å². The Balaban J connectivity index is 1.76. The molecular formula is C24H25ClN4O6. The number of carboxylic acid groups (broad SMARTS) is 1. The molecule has 1 aliphatic rings. The summed E-state index contributed by atoms with van der Waals surface area (Å²) in [6.07, 6.45) is 0.562. The third-order valence-corrected chi connectivity index (χ3v) is 6.01. The van der Waals surface area contributed by atoms with E-state index in [0.717, 1.165) is 5.56 Å². The zero-order valence-electron chi connectivity index (χ0n) is 19.2. The van der Waals surface area contributed by atoms with Gasteiger partial charge >= 0.3 is 12.0 Å². The molecule has 0 spiro atoms. The Morgan fingerprint density at radius 1 is 1.23 bits per heavy atom. The van der Waals surface area contributed by atoms with Crippen molar-refractivity contribution in [1.29, 1.82) is 0 Å². The molecule has 1 aliphatic heterocycles. The van der Waals surface area contributed by atoms with Gasteiger partial charge in [-0.2, -0.15) is 0 Å². The van der Waals surface area contributed by atoms with E-state index >= 15 is 0 Å². The fraction of sp³-hybridized carbons (Fsp3) is 0.292. The molecule has 1 unspecified atom stereocenters. The van der Waals surface area contributed by atoms with Gasteiger partial charge in [0.05, 0.1) is 23.0 Å². The molecule has 184 valence electrons. The highest BCUT2D eigenvalue weighted by atomic mass is 35.5. The molecule has 0 aromatic heterocycles. The minimum atomic E-state index is -1.24. The highest BCUT2D eigenvalue weighted by molar-refractivity contribution is 6.30. The number of carboxylic acids is 1. The fourth-order valence-corrected chi connectivity index (χ4v) is 4.08. The predicted molar refractivity (Wildman–Crippen MR) is 129 cm³/mol. The maximum atomic E-state index is 12.8. The summed E-state index contributed by atoms with van der Waals surface area (Å²) < 4.78 is 0. The Morgan fingerprint density at radius 2 is 1.91 bits per heavy atom. The van der Waals surface area contributed by atoms with Gasteiger partial charge < -0.3 is 20.2 Å². The molecule has 1 atom stereocenters. The number of non-ortho nitro benzene ring substituents is 1. The van der Waals surface area contributed by atoms with Crippen molar-refractivity contribution in [2.75, 3.05) is 20.1 Å². The second kappa shape index (κ2) is 11.0. The van der Waals surface area contributed by atoms with Crippen LogP contribution in [0.15, 0.2) is 59.8 Å². The SMILES string of the molecule is CC1=C(C(=O)O)C(c2cccc([N+](=O)[O-])c2)N(CCCN(C)C(=O)Cc2ccc(Cl)cc2)C(=O)N1. The number of likely N-dealkylation sites (N-methyl/N-ethyl adjacent to an activating group) is 1. The lowest BCUT2D eigenvalue weighted by Gasteiger charge is -2.37. The summed E-state index contributed by atoms with van der Waals surface area (Å²) in [7, 11) is 1.65. The molecule has 0 fully saturated rings. The van der Waals surface area contributed by atoms with Gasteiger partial charge in [0, 0.05) is 43.0 Å². The highest BCUT2D eigenvalue weighted by Gasteiger charge is 2.38. The minimum Gasteiger partial charge on any atom is -0.478 e. The molecule has 3 amide bonds. The van der Waals surface area contributed by atoms with Crippen LogP contribution in [0.4, 0.5) is 10.5 Å². The molecule has 1 heterocycles. The highest BCUT2D eigenvalue weighted by Crippen LogP contribution is 2.35. The Labute approximate surface area is 206 Å². The molecule has 2 aromatic carbocycles. The van der Waals surface area contributed by atoms with Gasteiger partial charge in [-0.15, -0.1) is 0 Å². The standard InChI is InChI=1S/C24H25ClN4O6/c1-15-21(23(31)32)22(17-5-3-6-19(14-17)29(34)35)28(24(33)26-15)12-4-11-27(2)20(30)13-16-7-9-18(25)10-8-16/h3,5-10,14,22H,4,11-13H2,1-2H3,(H,26,33)(H,31,32). The van der Waals surface area contributed by atoms with Crippen LogP contribution in [0.25, 0.3) is 0 Å². The number of urea groups is 1. The summed E-state index contributed by atoms with van der Waals surface area (Å²) in [4.78, 5) is 51.0. The van der Waals surface area contributed by atoms with E-state index in [2.05, 4.69) is 5.32 Å². The third kappa shape index (κ3) is 6.15. The molecule has 10 nitrogen and oxygen atoms in total. The summed E-state index contributed by atoms with van der Waals surface area (Å²) in [6, 6.07) is 11.0. The smallest absolute Gasteiger partial charge is 0.335 e. The van der Waals surface area contributed by atoms with Crippen LogP contribution in [-0.4, -0.2) is 57.9 Å². The molecule has 11 heteroatoms. The van der Waals surface area contributed by atoms with Crippen molar-refractivity contribution in [1.82, 2.24) is 15.1 Å². The van der Waals surface area contributed by atoms with Crippen LogP contribution in [0, 0.1) is 10.1 Å². The quantitative estimate of drug-likeness (QED) is 0.398. The summed E-state index contributed by atoms with van der Waals surface area (Å²) in [6.45, 7) is 1.93. The molecule has 2 N–H and O–H groups in total. The second-order valence-electron chi connectivity index (χ2n) is 8.19. The first-order chi connectivity index (χ1) is 16.6. The fourth-order valence-electron chi connectivity index (χ4n) is 3.96. The number of nitro benzene ring substituents is 1. The van der Waals surface area contributed by atoms with Crippen molar-refractivity contribution in [3.63, 3.8) is 0 Å². The van der Waals surface area contributed by atoms with Crippen molar-refractivity contribution in [2.45, 2.75) is 25.8 Å². The third-order valence-electron chi connectivity index (χ3n) is 5.76. The molecule has 0 aliphatic carbocycles. The van der Waals surface area contributed by atoms with Crippen LogP contribution in [-0.2, 0) is 16.0 Å². The van der Waals surface area contributed by atoms with E-state index in [4.69, 9.17) is 11.6 Å². The van der Waals surface area contributed by atoms with Crippen LogP contribution in [0.2, 0.25) is 5.02 Å². The average Bonchev–Trinajstić information content (AvgIpc) is 2.81. The summed E-state index contributed by atoms with van der Waals surface area (Å²) in [5.74, 6) is -1.35. The summed E-state index contributed by atoms with van der Waals surface area (Å²) in [5.41, 5.74) is 1.03.